The topological polar surface area (TPSA) is 82.3 Å². The fraction of sp³-hybridized carbons (Fsp3) is 0.143. The van der Waals surface area contributed by atoms with Gasteiger partial charge in [0.05, 0.1) is 12.0 Å². The summed E-state index contributed by atoms with van der Waals surface area (Å²) in [6.45, 7) is 0. The van der Waals surface area contributed by atoms with Gasteiger partial charge in [-0.15, -0.1) is 0 Å². The molecule has 0 aromatic carbocycles. The Kier molecular flexibility index (Phi) is 2.98. The van der Waals surface area contributed by atoms with Crippen molar-refractivity contribution in [3.63, 3.8) is 0 Å². The quantitative estimate of drug-likeness (QED) is 0.424. The monoisotopic (exact) mass is 216 g/mol. The molecule has 74 valence electrons. The van der Waals surface area contributed by atoms with Crippen LogP contribution in [0, 0.1) is 10.1 Å². The second kappa shape index (κ2) is 4.01. The molecule has 0 aliphatic carbocycles. The first-order valence-electron chi connectivity index (χ1n) is 3.44. The van der Waals surface area contributed by atoms with Gasteiger partial charge >= 0.3 is 11.7 Å². The Balaban J connectivity index is 3.12. The minimum Gasteiger partial charge on any atom is -0.464 e. The maximum atomic E-state index is 10.9. The standard InChI is InChI=1S/C7H5ClN2O4/c1-14-7(11)5-2-4(8)6(3-9-5)10(12)13/h2-3H,1H3. The number of aromatic nitrogens is 1. The highest BCUT2D eigenvalue weighted by molar-refractivity contribution is 6.32. The molecule has 0 radical (unpaired) electrons. The lowest BCUT2D eigenvalue weighted by atomic mass is 10.3. The Hall–Kier alpha value is -1.69. The minimum absolute atomic E-state index is 0.0666. The maximum absolute atomic E-state index is 10.9. The molecule has 0 amide bonds. The van der Waals surface area contributed by atoms with Crippen LogP contribution < -0.4 is 0 Å². The van der Waals surface area contributed by atoms with E-state index < -0.39 is 10.9 Å². The lowest BCUT2D eigenvalue weighted by molar-refractivity contribution is -0.385. The van der Waals surface area contributed by atoms with Gasteiger partial charge in [0.2, 0.25) is 0 Å². The number of methoxy groups -OCH3 is 1. The Bertz CT molecular complexity index is 393. The van der Waals surface area contributed by atoms with Crippen molar-refractivity contribution in [1.29, 1.82) is 0 Å². The van der Waals surface area contributed by atoms with E-state index in [1.54, 1.807) is 0 Å². The van der Waals surface area contributed by atoms with Crippen LogP contribution in [-0.4, -0.2) is 23.0 Å². The number of hydrogen-bond acceptors (Lipinski definition) is 5. The molecule has 0 N–H and O–H groups in total. The van der Waals surface area contributed by atoms with Crippen molar-refractivity contribution < 1.29 is 14.5 Å². The molecule has 6 nitrogen and oxygen atoms in total. The largest absolute Gasteiger partial charge is 0.464 e. The third kappa shape index (κ3) is 1.97. The zero-order valence-corrected chi connectivity index (χ0v) is 7.82. The van der Waals surface area contributed by atoms with Gasteiger partial charge in [-0.2, -0.15) is 0 Å². The van der Waals surface area contributed by atoms with E-state index >= 15 is 0 Å². The van der Waals surface area contributed by atoms with Crippen molar-refractivity contribution >= 4 is 23.3 Å². The molecule has 0 aliphatic heterocycles. The van der Waals surface area contributed by atoms with Crippen molar-refractivity contribution in [3.8, 4) is 0 Å². The van der Waals surface area contributed by atoms with Crippen LogP contribution in [0.15, 0.2) is 12.3 Å². The number of carbonyl (C=O) groups excluding carboxylic acids is 1. The van der Waals surface area contributed by atoms with Gasteiger partial charge in [-0.05, 0) is 6.07 Å². The van der Waals surface area contributed by atoms with Crippen molar-refractivity contribution in [3.05, 3.63) is 33.1 Å². The second-order valence-electron chi connectivity index (χ2n) is 2.27. The number of rotatable bonds is 2. The minimum atomic E-state index is -0.693. The first-order chi connectivity index (χ1) is 6.56. The van der Waals surface area contributed by atoms with Crippen molar-refractivity contribution in [2.24, 2.45) is 0 Å². The highest BCUT2D eigenvalue weighted by Gasteiger charge is 2.16. The third-order valence-corrected chi connectivity index (χ3v) is 1.73. The molecule has 0 spiro atoms. The number of nitro groups is 1. The lowest BCUT2D eigenvalue weighted by Gasteiger charge is -1.98. The van der Waals surface area contributed by atoms with Crippen LogP contribution in [0.1, 0.15) is 10.5 Å². The number of halogens is 1. The summed E-state index contributed by atoms with van der Waals surface area (Å²) in [4.78, 5) is 24.1. The van der Waals surface area contributed by atoms with E-state index in [9.17, 15) is 14.9 Å². The van der Waals surface area contributed by atoms with Crippen molar-refractivity contribution in [2.45, 2.75) is 0 Å². The molecule has 1 aromatic rings. The average molecular weight is 217 g/mol. The zero-order valence-electron chi connectivity index (χ0n) is 7.06. The van der Waals surface area contributed by atoms with Crippen molar-refractivity contribution in [1.82, 2.24) is 4.98 Å². The van der Waals surface area contributed by atoms with Crippen LogP contribution in [0.3, 0.4) is 0 Å². The number of pyridine rings is 1. The number of nitrogens with zero attached hydrogens (tertiary/aromatic N) is 2. The summed E-state index contributed by atoms with van der Waals surface area (Å²) in [5.41, 5.74) is -0.414. The molecule has 0 bridgehead atoms. The molecular weight excluding hydrogens is 212 g/mol. The number of hydrogen-bond donors (Lipinski definition) is 0. The molecular formula is C7H5ClN2O4. The Labute approximate surface area is 83.6 Å². The third-order valence-electron chi connectivity index (χ3n) is 1.43. The molecule has 0 atom stereocenters. The zero-order chi connectivity index (χ0) is 10.7. The van der Waals surface area contributed by atoms with Crippen LogP contribution in [0.5, 0.6) is 0 Å². The molecule has 0 unspecified atom stereocenters. The highest BCUT2D eigenvalue weighted by atomic mass is 35.5. The SMILES string of the molecule is COC(=O)c1cc(Cl)c([N+](=O)[O-])cn1. The first-order valence-corrected chi connectivity index (χ1v) is 3.82. The summed E-state index contributed by atoms with van der Waals surface area (Å²) < 4.78 is 4.36. The number of ether oxygens (including phenoxy) is 1. The fourth-order valence-corrected chi connectivity index (χ4v) is 0.995. The number of esters is 1. The highest BCUT2D eigenvalue weighted by Crippen LogP contribution is 2.23. The summed E-state index contributed by atoms with van der Waals surface area (Å²) in [6, 6.07) is 1.09. The van der Waals surface area contributed by atoms with Crippen LogP contribution in [0.25, 0.3) is 0 Å². The molecule has 14 heavy (non-hydrogen) atoms. The predicted octanol–water partition coefficient (Wildman–Crippen LogP) is 1.43. The summed E-state index contributed by atoms with van der Waals surface area (Å²) in [5, 5.41) is 10.2. The van der Waals surface area contributed by atoms with Crippen LogP contribution >= 0.6 is 11.6 Å². The Morgan fingerprint density at radius 3 is 2.79 bits per heavy atom. The Morgan fingerprint density at radius 1 is 1.71 bits per heavy atom. The lowest BCUT2D eigenvalue weighted by Crippen LogP contribution is -2.04. The molecule has 0 aliphatic rings. The van der Waals surface area contributed by atoms with Gasteiger partial charge in [-0.25, -0.2) is 9.78 Å². The van der Waals surface area contributed by atoms with Gasteiger partial charge < -0.3 is 4.74 Å². The van der Waals surface area contributed by atoms with E-state index in [0.717, 1.165) is 12.3 Å². The van der Waals surface area contributed by atoms with Gasteiger partial charge in [-0.3, -0.25) is 10.1 Å². The van der Waals surface area contributed by atoms with Crippen LogP contribution in [0.2, 0.25) is 5.02 Å². The summed E-state index contributed by atoms with van der Waals surface area (Å²) in [5.74, 6) is -0.693. The predicted molar refractivity (Wildman–Crippen MR) is 47.2 cm³/mol. The molecule has 1 aromatic heterocycles. The summed E-state index contributed by atoms with van der Waals surface area (Å²) in [7, 11) is 1.18. The Morgan fingerprint density at radius 2 is 2.36 bits per heavy atom. The normalized spacial score (nSPS) is 9.57. The molecule has 0 fully saturated rings. The van der Waals surface area contributed by atoms with E-state index in [4.69, 9.17) is 11.6 Å². The molecule has 0 saturated carbocycles. The first kappa shape index (κ1) is 10.4. The van der Waals surface area contributed by atoms with Gasteiger partial charge in [0, 0.05) is 0 Å². The van der Waals surface area contributed by atoms with Gasteiger partial charge in [0.1, 0.15) is 16.9 Å². The van der Waals surface area contributed by atoms with Crippen LogP contribution in [0.4, 0.5) is 5.69 Å². The molecule has 0 saturated heterocycles. The van der Waals surface area contributed by atoms with Gasteiger partial charge in [-0.1, -0.05) is 11.6 Å². The smallest absolute Gasteiger partial charge is 0.356 e. The van der Waals surface area contributed by atoms with Crippen LogP contribution in [-0.2, 0) is 4.74 Å². The van der Waals surface area contributed by atoms with Gasteiger partial charge in [0.25, 0.3) is 0 Å². The molecule has 1 rings (SSSR count). The van der Waals surface area contributed by atoms with E-state index in [-0.39, 0.29) is 16.4 Å². The van der Waals surface area contributed by atoms with E-state index in [2.05, 4.69) is 9.72 Å². The molecule has 7 heteroatoms. The molecule has 1 heterocycles. The number of carbonyl (C=O) groups is 1. The van der Waals surface area contributed by atoms with E-state index in [0.29, 0.717) is 0 Å². The van der Waals surface area contributed by atoms with Gasteiger partial charge in [0.15, 0.2) is 0 Å². The fourth-order valence-electron chi connectivity index (χ4n) is 0.774. The van der Waals surface area contributed by atoms with E-state index in [1.165, 1.54) is 7.11 Å². The van der Waals surface area contributed by atoms with Crippen molar-refractivity contribution in [2.75, 3.05) is 7.11 Å². The maximum Gasteiger partial charge on any atom is 0.356 e. The summed E-state index contributed by atoms with van der Waals surface area (Å²) in [6.07, 6.45) is 0.911. The average Bonchev–Trinajstić information content (AvgIpc) is 2.15. The summed E-state index contributed by atoms with van der Waals surface area (Å²) >= 11 is 5.54. The van der Waals surface area contributed by atoms with E-state index in [1.807, 2.05) is 0 Å². The second-order valence-corrected chi connectivity index (χ2v) is 2.68.